The molecule has 2 N–H and O–H groups in total. The van der Waals surface area contributed by atoms with Crippen LogP contribution >= 0.6 is 0 Å². The number of nitrogens with zero attached hydrogens (tertiary/aromatic N) is 2. The molecular formula is C11H15N3O. The van der Waals surface area contributed by atoms with Crippen molar-refractivity contribution < 1.29 is 5.11 Å². The molecule has 1 heterocycles. The van der Waals surface area contributed by atoms with Gasteiger partial charge in [0.15, 0.2) is 0 Å². The van der Waals surface area contributed by atoms with Gasteiger partial charge in [0.2, 0.25) is 0 Å². The lowest BCUT2D eigenvalue weighted by Crippen LogP contribution is -2.27. The topological polar surface area (TPSA) is 68.9 Å². The van der Waals surface area contributed by atoms with Gasteiger partial charge >= 0.3 is 0 Å². The van der Waals surface area contributed by atoms with Crippen LogP contribution in [0.4, 0.5) is 0 Å². The van der Waals surface area contributed by atoms with Crippen molar-refractivity contribution in [3.8, 4) is 11.8 Å². The Labute approximate surface area is 89.6 Å². The summed E-state index contributed by atoms with van der Waals surface area (Å²) in [4.78, 5) is 4.05. The fourth-order valence-corrected chi connectivity index (χ4v) is 1.24. The number of nitriles is 1. The van der Waals surface area contributed by atoms with Gasteiger partial charge < -0.3 is 10.4 Å². The summed E-state index contributed by atoms with van der Waals surface area (Å²) in [5.74, 6) is 0.169. The van der Waals surface area contributed by atoms with E-state index in [0.29, 0.717) is 13.0 Å². The first-order valence-electron chi connectivity index (χ1n) is 5.00. The fourth-order valence-electron chi connectivity index (χ4n) is 1.24. The average Bonchev–Trinajstić information content (AvgIpc) is 2.26. The van der Waals surface area contributed by atoms with E-state index in [1.165, 1.54) is 6.20 Å². The molecule has 80 valence electrons. The number of nitrogens with one attached hydrogen (secondary N) is 1. The molecule has 1 atom stereocenters. The van der Waals surface area contributed by atoms with Crippen molar-refractivity contribution in [1.29, 1.82) is 5.26 Å². The molecule has 0 spiro atoms. The van der Waals surface area contributed by atoms with E-state index in [4.69, 9.17) is 10.4 Å². The minimum atomic E-state index is 0.169. The Bertz CT molecular complexity index is 329. The molecule has 0 amide bonds. The Kier molecular flexibility index (Phi) is 4.58. The van der Waals surface area contributed by atoms with Gasteiger partial charge in [-0.3, -0.25) is 4.98 Å². The van der Waals surface area contributed by atoms with Crippen LogP contribution in [0.2, 0.25) is 0 Å². The zero-order chi connectivity index (χ0) is 11.1. The Morgan fingerprint density at radius 3 is 2.93 bits per heavy atom. The van der Waals surface area contributed by atoms with Crippen molar-refractivity contribution in [2.24, 2.45) is 0 Å². The average molecular weight is 205 g/mol. The molecule has 1 aromatic heterocycles. The first-order valence-corrected chi connectivity index (χ1v) is 5.00. The van der Waals surface area contributed by atoms with Crippen molar-refractivity contribution in [3.05, 3.63) is 24.0 Å². The lowest BCUT2D eigenvalue weighted by molar-refractivity contribution is 0.469. The molecule has 0 radical (unpaired) electrons. The Morgan fingerprint density at radius 2 is 2.40 bits per heavy atom. The first kappa shape index (κ1) is 11.5. The fraction of sp³-hybridized carbons (Fsp3) is 0.455. The van der Waals surface area contributed by atoms with Gasteiger partial charge in [0.25, 0.3) is 0 Å². The highest BCUT2D eigenvalue weighted by molar-refractivity contribution is 5.17. The lowest BCUT2D eigenvalue weighted by Gasteiger charge is -2.12. The van der Waals surface area contributed by atoms with E-state index in [2.05, 4.69) is 16.4 Å². The number of hydrogen-bond acceptors (Lipinski definition) is 4. The van der Waals surface area contributed by atoms with E-state index in [9.17, 15) is 0 Å². The third kappa shape index (κ3) is 3.96. The zero-order valence-corrected chi connectivity index (χ0v) is 8.77. The smallest absolute Gasteiger partial charge is 0.133 e. The van der Waals surface area contributed by atoms with Crippen LogP contribution in [0.1, 0.15) is 25.5 Å². The number of rotatable bonds is 5. The van der Waals surface area contributed by atoms with Crippen molar-refractivity contribution in [2.45, 2.75) is 32.4 Å². The highest BCUT2D eigenvalue weighted by atomic mass is 16.3. The third-order valence-electron chi connectivity index (χ3n) is 2.21. The molecule has 0 aliphatic rings. The standard InChI is InChI=1S/C11H15N3O/c1-2-9(5-6-12)13-7-10-3-4-11(15)8-14-10/h3-4,8-9,13,15H,2,5,7H2,1H3. The zero-order valence-electron chi connectivity index (χ0n) is 8.77. The largest absolute Gasteiger partial charge is 0.506 e. The predicted octanol–water partition coefficient (Wildman–Crippen LogP) is 1.57. The van der Waals surface area contributed by atoms with Gasteiger partial charge in [0, 0.05) is 12.6 Å². The summed E-state index contributed by atoms with van der Waals surface area (Å²) in [5, 5.41) is 20.8. The Morgan fingerprint density at radius 1 is 1.60 bits per heavy atom. The van der Waals surface area contributed by atoms with E-state index in [1.54, 1.807) is 12.1 Å². The summed E-state index contributed by atoms with van der Waals surface area (Å²) in [7, 11) is 0. The number of aromatic hydroxyl groups is 1. The maximum atomic E-state index is 9.04. The highest BCUT2D eigenvalue weighted by Crippen LogP contribution is 2.06. The predicted molar refractivity (Wildman–Crippen MR) is 57.1 cm³/mol. The quantitative estimate of drug-likeness (QED) is 0.765. The summed E-state index contributed by atoms with van der Waals surface area (Å²) in [5.41, 5.74) is 0.865. The lowest BCUT2D eigenvalue weighted by atomic mass is 10.1. The van der Waals surface area contributed by atoms with E-state index in [-0.39, 0.29) is 11.8 Å². The first-order chi connectivity index (χ1) is 7.26. The van der Waals surface area contributed by atoms with E-state index >= 15 is 0 Å². The molecule has 0 fully saturated rings. The van der Waals surface area contributed by atoms with Gasteiger partial charge in [-0.15, -0.1) is 0 Å². The number of aromatic nitrogens is 1. The van der Waals surface area contributed by atoms with E-state index in [1.807, 2.05) is 6.92 Å². The van der Waals surface area contributed by atoms with Gasteiger partial charge in [-0.25, -0.2) is 0 Å². The molecule has 0 bridgehead atoms. The van der Waals surface area contributed by atoms with Crippen LogP contribution in [-0.2, 0) is 6.54 Å². The van der Waals surface area contributed by atoms with Crippen LogP contribution in [0.5, 0.6) is 5.75 Å². The van der Waals surface area contributed by atoms with Crippen molar-refractivity contribution >= 4 is 0 Å². The summed E-state index contributed by atoms with van der Waals surface area (Å²) in [6.07, 6.45) is 2.85. The summed E-state index contributed by atoms with van der Waals surface area (Å²) in [6.45, 7) is 2.67. The van der Waals surface area contributed by atoms with E-state index < -0.39 is 0 Å². The van der Waals surface area contributed by atoms with Crippen molar-refractivity contribution in [3.63, 3.8) is 0 Å². The molecule has 0 aromatic carbocycles. The maximum absolute atomic E-state index is 9.04. The van der Waals surface area contributed by atoms with Crippen LogP contribution in [0.3, 0.4) is 0 Å². The Balaban J connectivity index is 2.42. The molecule has 1 unspecified atom stereocenters. The van der Waals surface area contributed by atoms with Crippen molar-refractivity contribution in [1.82, 2.24) is 10.3 Å². The van der Waals surface area contributed by atoms with Gasteiger partial charge in [-0.2, -0.15) is 5.26 Å². The Hall–Kier alpha value is -1.60. The molecule has 4 heteroatoms. The van der Waals surface area contributed by atoms with Crippen LogP contribution in [0.25, 0.3) is 0 Å². The molecule has 0 aliphatic carbocycles. The van der Waals surface area contributed by atoms with Gasteiger partial charge in [0.05, 0.1) is 24.4 Å². The summed E-state index contributed by atoms with van der Waals surface area (Å²) >= 11 is 0. The molecule has 1 rings (SSSR count). The molecule has 1 aromatic rings. The second kappa shape index (κ2) is 5.99. The monoisotopic (exact) mass is 205 g/mol. The maximum Gasteiger partial charge on any atom is 0.133 e. The summed E-state index contributed by atoms with van der Waals surface area (Å²) < 4.78 is 0. The van der Waals surface area contributed by atoms with Gasteiger partial charge in [-0.1, -0.05) is 6.92 Å². The van der Waals surface area contributed by atoms with Crippen LogP contribution in [0, 0.1) is 11.3 Å². The molecule has 15 heavy (non-hydrogen) atoms. The third-order valence-corrected chi connectivity index (χ3v) is 2.21. The van der Waals surface area contributed by atoms with Crippen LogP contribution in [-0.4, -0.2) is 16.1 Å². The number of hydrogen-bond donors (Lipinski definition) is 2. The van der Waals surface area contributed by atoms with Gasteiger partial charge in [-0.05, 0) is 18.6 Å². The van der Waals surface area contributed by atoms with Crippen LogP contribution in [0.15, 0.2) is 18.3 Å². The molecule has 0 aliphatic heterocycles. The van der Waals surface area contributed by atoms with E-state index in [0.717, 1.165) is 12.1 Å². The summed E-state index contributed by atoms with van der Waals surface area (Å²) in [6, 6.07) is 5.73. The molecule has 4 nitrogen and oxygen atoms in total. The molecular weight excluding hydrogens is 190 g/mol. The minimum absolute atomic E-state index is 0.169. The second-order valence-electron chi connectivity index (χ2n) is 3.36. The SMILES string of the molecule is CCC(CC#N)NCc1ccc(O)cn1. The minimum Gasteiger partial charge on any atom is -0.506 e. The number of pyridine rings is 1. The van der Waals surface area contributed by atoms with Gasteiger partial charge in [0.1, 0.15) is 5.75 Å². The molecule has 0 saturated heterocycles. The normalized spacial score (nSPS) is 12.0. The highest BCUT2D eigenvalue weighted by Gasteiger charge is 2.04. The second-order valence-corrected chi connectivity index (χ2v) is 3.36. The molecule has 0 saturated carbocycles. The van der Waals surface area contributed by atoms with Crippen LogP contribution < -0.4 is 5.32 Å². The van der Waals surface area contributed by atoms with Crippen molar-refractivity contribution in [2.75, 3.05) is 0 Å².